The Kier molecular flexibility index (Phi) is 21.8. The number of hydrogen-bond donors (Lipinski definition) is 0. The number of hydrogen-bond acceptors (Lipinski definition) is 0. The summed E-state index contributed by atoms with van der Waals surface area (Å²) in [5.41, 5.74) is 34.9. The molecule has 0 amide bonds. The summed E-state index contributed by atoms with van der Waals surface area (Å²) >= 11 is 0. The molecule has 12 aromatic rings. The minimum atomic E-state index is 0.0888. The number of fused-ring (bicyclic) bond motifs is 11. The van der Waals surface area contributed by atoms with Crippen LogP contribution in [0, 0.1) is 34.6 Å². The SMILES string of the molecule is C=C/C(=C\C(C)c1ccccc1)c1ccccc1.CC(C)c1ccc2c(c1)C1CCC1c1ccccc1-2.CCCc1ccccc1-c1ccc(CC)cc1C.Cc1cc(-c2ccccc2)cc(-c2ccccc2)c1C.Cc1ccc2c(c1)C(C)(C)c1cc(C)c3ccccc3c1-2. The summed E-state index contributed by atoms with van der Waals surface area (Å²) in [6.45, 7) is 30.9. The zero-order valence-corrected chi connectivity index (χ0v) is 59.1. The van der Waals surface area contributed by atoms with E-state index in [9.17, 15) is 0 Å². The third-order valence-corrected chi connectivity index (χ3v) is 20.6. The fourth-order valence-electron chi connectivity index (χ4n) is 14.8. The lowest BCUT2D eigenvalue weighted by atomic mass is 9.60. The Balaban J connectivity index is 0.000000122. The van der Waals surface area contributed by atoms with Crippen LogP contribution < -0.4 is 0 Å². The van der Waals surface area contributed by atoms with Crippen molar-refractivity contribution < 1.29 is 0 Å². The van der Waals surface area contributed by atoms with Gasteiger partial charge < -0.3 is 0 Å². The van der Waals surface area contributed by atoms with Crippen LogP contribution >= 0.6 is 0 Å². The summed E-state index contributed by atoms with van der Waals surface area (Å²) < 4.78 is 0. The molecule has 1 saturated carbocycles. The van der Waals surface area contributed by atoms with Crippen molar-refractivity contribution in [1.29, 1.82) is 0 Å². The fraction of sp³-hybridized carbons (Fsp3) is 0.229. The van der Waals surface area contributed by atoms with Crippen molar-refractivity contribution in [2.75, 3.05) is 0 Å². The van der Waals surface area contributed by atoms with E-state index in [2.05, 4.69) is 351 Å². The molecule has 3 aliphatic carbocycles. The van der Waals surface area contributed by atoms with Gasteiger partial charge in [-0.2, -0.15) is 0 Å². The molecule has 0 N–H and O–H groups in total. The highest BCUT2D eigenvalue weighted by molar-refractivity contribution is 6.04. The van der Waals surface area contributed by atoms with Gasteiger partial charge in [0.25, 0.3) is 0 Å². The van der Waals surface area contributed by atoms with Crippen molar-refractivity contribution >= 4 is 16.3 Å². The third-order valence-electron chi connectivity index (χ3n) is 20.6. The molecule has 0 nitrogen and oxygen atoms in total. The van der Waals surface area contributed by atoms with E-state index in [1.165, 1.54) is 158 Å². The molecule has 3 unspecified atom stereocenters. The summed E-state index contributed by atoms with van der Waals surface area (Å²) in [6.07, 6.45) is 10.4. The van der Waals surface area contributed by atoms with Crippen molar-refractivity contribution in [2.24, 2.45) is 0 Å². The quantitative estimate of drug-likeness (QED) is 0.113. The van der Waals surface area contributed by atoms with Gasteiger partial charge in [0, 0.05) is 5.41 Å². The van der Waals surface area contributed by atoms with Crippen LogP contribution in [-0.4, -0.2) is 0 Å². The zero-order valence-electron chi connectivity index (χ0n) is 59.1. The highest BCUT2D eigenvalue weighted by Gasteiger charge is 2.40. The lowest BCUT2D eigenvalue weighted by Gasteiger charge is -2.43. The molecule has 3 aliphatic rings. The lowest BCUT2D eigenvalue weighted by molar-refractivity contribution is 0.343. The predicted octanol–water partition coefficient (Wildman–Crippen LogP) is 27.1. The summed E-state index contributed by atoms with van der Waals surface area (Å²) in [5, 5.41) is 2.77. The maximum Gasteiger partial charge on any atom is 0.0159 e. The Hall–Kier alpha value is -9.62. The molecule has 0 aromatic heterocycles. The molecule has 0 spiro atoms. The van der Waals surface area contributed by atoms with Gasteiger partial charge in [-0.15, -0.1) is 0 Å². The monoisotopic (exact) mass is 1250 g/mol. The summed E-state index contributed by atoms with van der Waals surface area (Å²) in [5.74, 6) is 2.58. The number of benzene rings is 12. The van der Waals surface area contributed by atoms with E-state index >= 15 is 0 Å². The average Bonchev–Trinajstić information content (AvgIpc) is 1.46. The molecular weight excluding hydrogens is 1150 g/mol. The highest BCUT2D eigenvalue weighted by Crippen LogP contribution is 2.57. The first-order valence-electron chi connectivity index (χ1n) is 35.3. The lowest BCUT2D eigenvalue weighted by Crippen LogP contribution is -2.26. The maximum atomic E-state index is 3.92. The summed E-state index contributed by atoms with van der Waals surface area (Å²) in [6, 6.07) is 96.6. The molecule has 482 valence electrons. The second-order valence-electron chi connectivity index (χ2n) is 27.7. The fourth-order valence-corrected chi connectivity index (χ4v) is 14.8. The molecule has 15 rings (SSSR count). The van der Waals surface area contributed by atoms with Crippen LogP contribution in [0.1, 0.15) is 169 Å². The Morgan fingerprint density at radius 1 is 0.448 bits per heavy atom. The Bertz CT molecular complexity index is 4650. The first-order chi connectivity index (χ1) is 46.6. The van der Waals surface area contributed by atoms with Crippen molar-refractivity contribution in [1.82, 2.24) is 0 Å². The van der Waals surface area contributed by atoms with E-state index in [1.54, 1.807) is 11.1 Å². The van der Waals surface area contributed by atoms with Gasteiger partial charge in [0.05, 0.1) is 0 Å². The molecule has 0 saturated heterocycles. The first-order valence-corrected chi connectivity index (χ1v) is 35.3. The summed E-state index contributed by atoms with van der Waals surface area (Å²) in [7, 11) is 0. The van der Waals surface area contributed by atoms with Crippen LogP contribution in [0.15, 0.2) is 286 Å². The molecule has 3 atom stereocenters. The Morgan fingerprint density at radius 2 is 1.02 bits per heavy atom. The van der Waals surface area contributed by atoms with Crippen molar-refractivity contribution in [2.45, 2.75) is 144 Å². The van der Waals surface area contributed by atoms with Gasteiger partial charge in [0.2, 0.25) is 0 Å². The second kappa shape index (κ2) is 30.8. The van der Waals surface area contributed by atoms with E-state index in [4.69, 9.17) is 0 Å². The first kappa shape index (κ1) is 67.8. The molecular formula is C96H98. The van der Waals surface area contributed by atoms with Gasteiger partial charge in [0.1, 0.15) is 0 Å². The van der Waals surface area contributed by atoms with Crippen LogP contribution in [0.25, 0.3) is 72.0 Å². The van der Waals surface area contributed by atoms with Gasteiger partial charge in [-0.05, 0) is 234 Å². The highest BCUT2D eigenvalue weighted by atomic mass is 14.4. The van der Waals surface area contributed by atoms with Gasteiger partial charge in [-0.3, -0.25) is 0 Å². The molecule has 1 fully saturated rings. The van der Waals surface area contributed by atoms with Gasteiger partial charge in [0.15, 0.2) is 0 Å². The molecule has 0 heteroatoms. The molecule has 96 heavy (non-hydrogen) atoms. The van der Waals surface area contributed by atoms with E-state index in [-0.39, 0.29) is 5.41 Å². The maximum absolute atomic E-state index is 3.92. The van der Waals surface area contributed by atoms with Crippen LogP contribution in [0.5, 0.6) is 0 Å². The minimum Gasteiger partial charge on any atom is -0.0985 e. The Labute approximate surface area is 576 Å². The Morgan fingerprint density at radius 3 is 1.67 bits per heavy atom. The van der Waals surface area contributed by atoms with Gasteiger partial charge in [-0.25, -0.2) is 0 Å². The smallest absolute Gasteiger partial charge is 0.0159 e. The molecule has 12 aromatic carbocycles. The van der Waals surface area contributed by atoms with Crippen molar-refractivity contribution in [3.63, 3.8) is 0 Å². The summed E-state index contributed by atoms with van der Waals surface area (Å²) in [4.78, 5) is 0. The van der Waals surface area contributed by atoms with Crippen LogP contribution in [0.3, 0.4) is 0 Å². The number of aryl methyl sites for hydroxylation is 6. The number of allylic oxidation sites excluding steroid dienone is 3. The van der Waals surface area contributed by atoms with E-state index in [1.807, 2.05) is 18.2 Å². The largest absolute Gasteiger partial charge is 0.0985 e. The third kappa shape index (κ3) is 14.9. The predicted molar refractivity (Wildman–Crippen MR) is 418 cm³/mol. The van der Waals surface area contributed by atoms with Crippen LogP contribution in [0.4, 0.5) is 0 Å². The standard InChI is InChI=1S/C21H20.C20H18.C19H20.C18H22.C18H18/c1-13-9-10-17-18(11-13)21(3,4)19-12-14(2)15-7-5-6-8-16(15)20(17)19;1-15-13-19(17-9-5-3-6-10-17)14-20(16(15)2)18-11-7-4-8-12-18;1-12(2)13-7-8-17-15-6-4-3-5-14(15)16-9-10-18(16)19(17)11-13;1-4-8-16-9-6-7-10-18(16)17-12-11-15(5-2)13-14(17)3;1-3-16(18-12-8-5-9-13-18)14-15(2)17-10-6-4-7-11-17/h5-12H,1-4H3;3-14H,1-2H3;3-8,11-12,16,18H,9-10H2,1-2H3;6-7,9-13H,4-5,8H2,1-3H3;3-15H,1H2,2H3/b;;;;16-14+. The van der Waals surface area contributed by atoms with Gasteiger partial charge in [-0.1, -0.05) is 340 Å². The van der Waals surface area contributed by atoms with Crippen LogP contribution in [-0.2, 0) is 18.3 Å². The van der Waals surface area contributed by atoms with Gasteiger partial charge >= 0.3 is 0 Å². The number of rotatable bonds is 11. The second-order valence-corrected chi connectivity index (χ2v) is 27.7. The zero-order chi connectivity index (χ0) is 67.5. The average molecular weight is 1250 g/mol. The molecule has 0 bridgehead atoms. The normalized spacial score (nSPS) is 14.5. The van der Waals surface area contributed by atoms with Crippen molar-refractivity contribution in [3.8, 4) is 55.6 Å². The molecule has 0 radical (unpaired) electrons. The van der Waals surface area contributed by atoms with E-state index < -0.39 is 0 Å². The molecule has 0 aliphatic heterocycles. The van der Waals surface area contributed by atoms with E-state index in [0.29, 0.717) is 11.8 Å². The van der Waals surface area contributed by atoms with Crippen LogP contribution in [0.2, 0.25) is 0 Å². The van der Waals surface area contributed by atoms with Crippen molar-refractivity contribution in [3.05, 3.63) is 364 Å². The topological polar surface area (TPSA) is 0 Å². The van der Waals surface area contributed by atoms with E-state index in [0.717, 1.165) is 24.7 Å². The molecule has 0 heterocycles. The minimum absolute atomic E-state index is 0.0888.